The van der Waals surface area contributed by atoms with E-state index in [0.717, 1.165) is 5.76 Å². The lowest BCUT2D eigenvalue weighted by Crippen LogP contribution is -1.99. The van der Waals surface area contributed by atoms with Crippen LogP contribution in [0.3, 0.4) is 0 Å². The monoisotopic (exact) mass is 206 g/mol. The van der Waals surface area contributed by atoms with Gasteiger partial charge in [-0.2, -0.15) is 5.10 Å². The Morgan fingerprint density at radius 2 is 2.47 bits per heavy atom. The van der Waals surface area contributed by atoms with E-state index in [1.54, 1.807) is 23.9 Å². The fourth-order valence-corrected chi connectivity index (χ4v) is 1.37. The molecule has 0 aliphatic rings. The number of aromatic nitrogens is 2. The SMILES string of the molecule is Cc1nn(Cc2ccco2)cc1C(=O)O. The molecule has 0 spiro atoms. The zero-order valence-electron chi connectivity index (χ0n) is 8.17. The van der Waals surface area contributed by atoms with Crippen LogP contribution in [0, 0.1) is 6.92 Å². The van der Waals surface area contributed by atoms with Gasteiger partial charge >= 0.3 is 5.97 Å². The van der Waals surface area contributed by atoms with Crippen LogP contribution < -0.4 is 0 Å². The third-order valence-corrected chi connectivity index (χ3v) is 2.07. The van der Waals surface area contributed by atoms with Gasteiger partial charge < -0.3 is 9.52 Å². The van der Waals surface area contributed by atoms with Gasteiger partial charge in [0.05, 0.1) is 18.5 Å². The number of hydrogen-bond donors (Lipinski definition) is 1. The average molecular weight is 206 g/mol. The van der Waals surface area contributed by atoms with Crippen LogP contribution in [0.4, 0.5) is 0 Å². The van der Waals surface area contributed by atoms with E-state index in [1.165, 1.54) is 6.20 Å². The summed E-state index contributed by atoms with van der Waals surface area (Å²) in [6, 6.07) is 3.60. The van der Waals surface area contributed by atoms with Crippen LogP contribution in [0.15, 0.2) is 29.0 Å². The first-order valence-corrected chi connectivity index (χ1v) is 4.46. The molecule has 1 N–H and O–H groups in total. The second kappa shape index (κ2) is 3.61. The van der Waals surface area contributed by atoms with Gasteiger partial charge in [0.1, 0.15) is 11.3 Å². The minimum Gasteiger partial charge on any atom is -0.478 e. The van der Waals surface area contributed by atoms with E-state index in [2.05, 4.69) is 5.10 Å². The Morgan fingerprint density at radius 3 is 3.00 bits per heavy atom. The second-order valence-electron chi connectivity index (χ2n) is 3.21. The smallest absolute Gasteiger partial charge is 0.339 e. The molecule has 2 aromatic rings. The van der Waals surface area contributed by atoms with Crippen LogP contribution in [0.5, 0.6) is 0 Å². The third-order valence-electron chi connectivity index (χ3n) is 2.07. The van der Waals surface area contributed by atoms with Crippen LogP contribution >= 0.6 is 0 Å². The maximum atomic E-state index is 10.8. The van der Waals surface area contributed by atoms with Crippen LogP contribution in [0.25, 0.3) is 0 Å². The Morgan fingerprint density at radius 1 is 1.67 bits per heavy atom. The molecule has 0 unspecified atom stereocenters. The van der Waals surface area contributed by atoms with E-state index >= 15 is 0 Å². The average Bonchev–Trinajstić information content (AvgIpc) is 2.75. The highest BCUT2D eigenvalue weighted by Gasteiger charge is 2.11. The molecule has 0 amide bonds. The summed E-state index contributed by atoms with van der Waals surface area (Å²) in [6.45, 7) is 2.11. The van der Waals surface area contributed by atoms with Gasteiger partial charge in [0.25, 0.3) is 0 Å². The summed E-state index contributed by atoms with van der Waals surface area (Å²) >= 11 is 0. The lowest BCUT2D eigenvalue weighted by Gasteiger charge is -1.95. The van der Waals surface area contributed by atoms with Crippen LogP contribution in [-0.2, 0) is 6.54 Å². The zero-order chi connectivity index (χ0) is 10.8. The Labute approximate surface area is 85.9 Å². The van der Waals surface area contributed by atoms with Crippen molar-refractivity contribution in [3.63, 3.8) is 0 Å². The molecular formula is C10H10N2O3. The molecule has 0 aliphatic heterocycles. The number of furan rings is 1. The van der Waals surface area contributed by atoms with Gasteiger partial charge in [0.15, 0.2) is 0 Å². The molecule has 5 heteroatoms. The Kier molecular flexibility index (Phi) is 2.29. The van der Waals surface area contributed by atoms with E-state index in [9.17, 15) is 4.79 Å². The molecule has 0 aromatic carbocycles. The lowest BCUT2D eigenvalue weighted by atomic mass is 10.3. The lowest BCUT2D eigenvalue weighted by molar-refractivity contribution is 0.0696. The normalized spacial score (nSPS) is 10.5. The maximum Gasteiger partial charge on any atom is 0.339 e. The van der Waals surface area contributed by atoms with Crippen molar-refractivity contribution >= 4 is 5.97 Å². The van der Waals surface area contributed by atoms with Crippen molar-refractivity contribution in [1.29, 1.82) is 0 Å². The first kappa shape index (κ1) is 9.51. The van der Waals surface area contributed by atoms with Crippen molar-refractivity contribution in [1.82, 2.24) is 9.78 Å². The molecule has 2 aromatic heterocycles. The summed E-state index contributed by atoms with van der Waals surface area (Å²) < 4.78 is 6.69. The first-order chi connectivity index (χ1) is 7.16. The van der Waals surface area contributed by atoms with Crippen LogP contribution in [-0.4, -0.2) is 20.9 Å². The Bertz CT molecular complexity index is 471. The van der Waals surface area contributed by atoms with Crippen molar-refractivity contribution in [2.75, 3.05) is 0 Å². The van der Waals surface area contributed by atoms with Gasteiger partial charge in [-0.1, -0.05) is 0 Å². The molecule has 0 saturated carbocycles. The molecule has 5 nitrogen and oxygen atoms in total. The predicted molar refractivity (Wildman–Crippen MR) is 51.7 cm³/mol. The maximum absolute atomic E-state index is 10.8. The first-order valence-electron chi connectivity index (χ1n) is 4.46. The number of nitrogens with zero attached hydrogens (tertiary/aromatic N) is 2. The minimum atomic E-state index is -0.960. The summed E-state index contributed by atoms with van der Waals surface area (Å²) in [5.41, 5.74) is 0.732. The molecule has 0 saturated heterocycles. The van der Waals surface area contributed by atoms with E-state index in [0.29, 0.717) is 12.2 Å². The summed E-state index contributed by atoms with van der Waals surface area (Å²) in [5.74, 6) is -0.215. The zero-order valence-corrected chi connectivity index (χ0v) is 8.17. The molecule has 15 heavy (non-hydrogen) atoms. The number of aryl methyl sites for hydroxylation is 1. The van der Waals surface area contributed by atoms with E-state index < -0.39 is 5.97 Å². The topological polar surface area (TPSA) is 68.3 Å². The fraction of sp³-hybridized carbons (Fsp3) is 0.200. The van der Waals surface area contributed by atoms with Gasteiger partial charge in [0, 0.05) is 6.20 Å². The van der Waals surface area contributed by atoms with E-state index in [4.69, 9.17) is 9.52 Å². The predicted octanol–water partition coefficient (Wildman–Crippen LogP) is 1.53. The number of hydrogen-bond acceptors (Lipinski definition) is 3. The third kappa shape index (κ3) is 1.90. The van der Waals surface area contributed by atoms with Gasteiger partial charge in [-0.05, 0) is 19.1 Å². The summed E-state index contributed by atoms with van der Waals surface area (Å²) in [4.78, 5) is 10.8. The minimum absolute atomic E-state index is 0.224. The Balaban J connectivity index is 2.23. The van der Waals surface area contributed by atoms with Gasteiger partial charge in [-0.15, -0.1) is 0 Å². The quantitative estimate of drug-likeness (QED) is 0.826. The van der Waals surface area contributed by atoms with E-state index in [1.807, 2.05) is 6.07 Å². The highest BCUT2D eigenvalue weighted by atomic mass is 16.4. The van der Waals surface area contributed by atoms with Crippen molar-refractivity contribution in [2.45, 2.75) is 13.5 Å². The highest BCUT2D eigenvalue weighted by Crippen LogP contribution is 2.08. The van der Waals surface area contributed by atoms with Crippen molar-refractivity contribution in [2.24, 2.45) is 0 Å². The van der Waals surface area contributed by atoms with Crippen molar-refractivity contribution in [3.8, 4) is 0 Å². The molecule has 78 valence electrons. The number of carbonyl (C=O) groups is 1. The number of aromatic carboxylic acids is 1. The van der Waals surface area contributed by atoms with Crippen molar-refractivity contribution < 1.29 is 14.3 Å². The van der Waals surface area contributed by atoms with Crippen molar-refractivity contribution in [3.05, 3.63) is 41.6 Å². The molecule has 0 fully saturated rings. The second-order valence-corrected chi connectivity index (χ2v) is 3.21. The number of carboxylic acid groups (broad SMARTS) is 1. The molecule has 0 atom stereocenters. The number of rotatable bonds is 3. The molecule has 0 aliphatic carbocycles. The standard InChI is InChI=1S/C10H10N2O3/c1-7-9(10(13)14)6-12(11-7)5-8-3-2-4-15-8/h2-4,6H,5H2,1H3,(H,13,14). The Hall–Kier alpha value is -2.04. The molecule has 0 radical (unpaired) electrons. The van der Waals surface area contributed by atoms with Crippen LogP contribution in [0.1, 0.15) is 21.8 Å². The molecule has 0 bridgehead atoms. The molecule has 2 rings (SSSR count). The summed E-state index contributed by atoms with van der Waals surface area (Å²) in [6.07, 6.45) is 3.07. The summed E-state index contributed by atoms with van der Waals surface area (Å²) in [7, 11) is 0. The highest BCUT2D eigenvalue weighted by molar-refractivity contribution is 5.88. The van der Waals surface area contributed by atoms with Crippen LogP contribution in [0.2, 0.25) is 0 Å². The fourth-order valence-electron chi connectivity index (χ4n) is 1.37. The summed E-state index contributed by atoms with van der Waals surface area (Å²) in [5, 5.41) is 12.9. The largest absolute Gasteiger partial charge is 0.478 e. The van der Waals surface area contributed by atoms with Gasteiger partial charge in [-0.3, -0.25) is 4.68 Å². The molecule has 2 heterocycles. The van der Waals surface area contributed by atoms with E-state index in [-0.39, 0.29) is 5.56 Å². The van der Waals surface area contributed by atoms with Gasteiger partial charge in [-0.25, -0.2) is 4.79 Å². The van der Waals surface area contributed by atoms with Gasteiger partial charge in [0.2, 0.25) is 0 Å². The number of carboxylic acids is 1. The molecular weight excluding hydrogens is 196 g/mol.